The van der Waals surface area contributed by atoms with Crippen molar-refractivity contribution in [2.24, 2.45) is 0 Å². The van der Waals surface area contributed by atoms with E-state index in [2.05, 4.69) is 4.90 Å². The molecule has 0 bridgehead atoms. The predicted octanol–water partition coefficient (Wildman–Crippen LogP) is 3.58. The number of hydrogen-bond donors (Lipinski definition) is 0. The molecule has 0 radical (unpaired) electrons. The standard InChI is InChI=1S/C23H28N2O6/c1-23(2,3)31-22(27)25-8-6-24(7-9-25)20-16-12-18(29-5)17(28-4)11-14(16)10-15-13-30-21(26)19(15)20/h10-12H,6-9,13H2,1-5H3. The molecule has 2 heterocycles. The fourth-order valence-electron chi connectivity index (χ4n) is 4.09. The zero-order chi connectivity index (χ0) is 22.3. The normalized spacial score (nSPS) is 16.2. The quantitative estimate of drug-likeness (QED) is 0.692. The minimum Gasteiger partial charge on any atom is -0.493 e. The molecule has 2 aliphatic rings. The van der Waals surface area contributed by atoms with Crippen molar-refractivity contribution in [1.29, 1.82) is 0 Å². The summed E-state index contributed by atoms with van der Waals surface area (Å²) in [6, 6.07) is 5.78. The molecule has 0 spiro atoms. The topological polar surface area (TPSA) is 77.5 Å². The molecule has 0 atom stereocenters. The van der Waals surface area contributed by atoms with Crippen molar-refractivity contribution in [1.82, 2.24) is 4.90 Å². The Morgan fingerprint density at radius 3 is 2.26 bits per heavy atom. The van der Waals surface area contributed by atoms with Gasteiger partial charge in [-0.2, -0.15) is 0 Å². The van der Waals surface area contributed by atoms with Crippen molar-refractivity contribution in [3.63, 3.8) is 0 Å². The van der Waals surface area contributed by atoms with Gasteiger partial charge in [-0.3, -0.25) is 0 Å². The summed E-state index contributed by atoms with van der Waals surface area (Å²) >= 11 is 0. The summed E-state index contributed by atoms with van der Waals surface area (Å²) < 4.78 is 21.8. The van der Waals surface area contributed by atoms with E-state index in [-0.39, 0.29) is 18.7 Å². The van der Waals surface area contributed by atoms with Gasteiger partial charge in [0.1, 0.15) is 12.2 Å². The molecular formula is C23H28N2O6. The first-order valence-corrected chi connectivity index (χ1v) is 10.3. The number of ether oxygens (including phenoxy) is 4. The maximum Gasteiger partial charge on any atom is 0.410 e. The summed E-state index contributed by atoms with van der Waals surface area (Å²) in [5.74, 6) is 0.895. The highest BCUT2D eigenvalue weighted by Gasteiger charge is 2.33. The molecule has 0 aliphatic carbocycles. The van der Waals surface area contributed by atoms with Crippen LogP contribution in [0, 0.1) is 0 Å². The number of esters is 1. The van der Waals surface area contributed by atoms with Crippen LogP contribution in [0.1, 0.15) is 36.7 Å². The number of benzene rings is 2. The number of cyclic esters (lactones) is 1. The molecule has 0 saturated carbocycles. The Labute approximate surface area is 181 Å². The second kappa shape index (κ2) is 7.83. The van der Waals surface area contributed by atoms with Crippen molar-refractivity contribution in [2.45, 2.75) is 33.0 Å². The maximum atomic E-state index is 12.6. The van der Waals surface area contributed by atoms with E-state index in [1.54, 1.807) is 19.1 Å². The molecule has 1 saturated heterocycles. The van der Waals surface area contributed by atoms with Gasteiger partial charge in [0.2, 0.25) is 0 Å². The summed E-state index contributed by atoms with van der Waals surface area (Å²) in [5.41, 5.74) is 1.73. The number of piperazine rings is 1. The van der Waals surface area contributed by atoms with Crippen LogP contribution in [0.2, 0.25) is 0 Å². The molecule has 1 fully saturated rings. The molecule has 2 aromatic carbocycles. The average molecular weight is 428 g/mol. The van der Waals surface area contributed by atoms with Gasteiger partial charge in [0.05, 0.1) is 25.5 Å². The zero-order valence-corrected chi connectivity index (χ0v) is 18.6. The van der Waals surface area contributed by atoms with Crippen molar-refractivity contribution in [3.8, 4) is 11.5 Å². The maximum absolute atomic E-state index is 12.6. The fourth-order valence-corrected chi connectivity index (χ4v) is 4.09. The van der Waals surface area contributed by atoms with Crippen LogP contribution < -0.4 is 14.4 Å². The lowest BCUT2D eigenvalue weighted by Crippen LogP contribution is -2.50. The summed E-state index contributed by atoms with van der Waals surface area (Å²) in [6.07, 6.45) is -0.318. The van der Waals surface area contributed by atoms with Gasteiger partial charge in [0.25, 0.3) is 0 Å². The van der Waals surface area contributed by atoms with Gasteiger partial charge in [-0.05, 0) is 44.4 Å². The first kappa shape index (κ1) is 21.1. The number of fused-ring (bicyclic) bond motifs is 2. The lowest BCUT2D eigenvalue weighted by atomic mass is 9.97. The second-order valence-electron chi connectivity index (χ2n) is 8.72. The van der Waals surface area contributed by atoms with E-state index in [0.717, 1.165) is 22.0 Å². The van der Waals surface area contributed by atoms with Gasteiger partial charge in [0, 0.05) is 37.1 Å². The fraction of sp³-hybridized carbons (Fsp3) is 0.478. The molecule has 2 aliphatic heterocycles. The van der Waals surface area contributed by atoms with E-state index in [4.69, 9.17) is 18.9 Å². The summed E-state index contributed by atoms with van der Waals surface area (Å²) in [5, 5.41) is 1.83. The Morgan fingerprint density at radius 2 is 1.65 bits per heavy atom. The lowest BCUT2D eigenvalue weighted by molar-refractivity contribution is 0.0240. The SMILES string of the molecule is COc1cc2cc3c(c(N4CCN(C(=O)OC(C)(C)C)CC4)c2cc1OC)C(=O)OC3. The Bertz CT molecular complexity index is 1030. The predicted molar refractivity (Wildman–Crippen MR) is 116 cm³/mol. The Morgan fingerprint density at radius 1 is 1.00 bits per heavy atom. The molecule has 8 nitrogen and oxygen atoms in total. The molecule has 2 aromatic rings. The smallest absolute Gasteiger partial charge is 0.410 e. The Kier molecular flexibility index (Phi) is 5.33. The number of methoxy groups -OCH3 is 2. The van der Waals surface area contributed by atoms with Crippen LogP contribution in [0.15, 0.2) is 18.2 Å². The van der Waals surface area contributed by atoms with Crippen LogP contribution in [0.5, 0.6) is 11.5 Å². The molecule has 1 amide bonds. The minimum atomic E-state index is -0.538. The van der Waals surface area contributed by atoms with Gasteiger partial charge >= 0.3 is 12.1 Å². The highest BCUT2D eigenvalue weighted by molar-refractivity contribution is 6.10. The van der Waals surface area contributed by atoms with Crippen LogP contribution in [0.25, 0.3) is 10.8 Å². The third kappa shape index (κ3) is 3.94. The highest BCUT2D eigenvalue weighted by atomic mass is 16.6. The number of hydrogen-bond acceptors (Lipinski definition) is 7. The van der Waals surface area contributed by atoms with Gasteiger partial charge in [0.15, 0.2) is 11.5 Å². The van der Waals surface area contributed by atoms with Crippen LogP contribution >= 0.6 is 0 Å². The van der Waals surface area contributed by atoms with Crippen LogP contribution in [0.4, 0.5) is 10.5 Å². The Balaban J connectivity index is 1.71. The van der Waals surface area contributed by atoms with E-state index in [1.165, 1.54) is 0 Å². The molecule has 0 aromatic heterocycles. The molecule has 8 heteroatoms. The molecule has 4 rings (SSSR count). The molecular weight excluding hydrogens is 400 g/mol. The number of rotatable bonds is 3. The number of anilines is 1. The van der Waals surface area contributed by atoms with Crippen molar-refractivity contribution in [3.05, 3.63) is 29.3 Å². The largest absolute Gasteiger partial charge is 0.493 e. The summed E-state index contributed by atoms with van der Waals surface area (Å²) in [4.78, 5) is 28.9. The number of carbonyl (C=O) groups excluding carboxylic acids is 2. The molecule has 0 unspecified atom stereocenters. The molecule has 166 valence electrons. The van der Waals surface area contributed by atoms with Gasteiger partial charge < -0.3 is 28.7 Å². The molecule has 31 heavy (non-hydrogen) atoms. The van der Waals surface area contributed by atoms with Gasteiger partial charge in [-0.1, -0.05) is 0 Å². The van der Waals surface area contributed by atoms with Gasteiger partial charge in [-0.15, -0.1) is 0 Å². The second-order valence-corrected chi connectivity index (χ2v) is 8.72. The van der Waals surface area contributed by atoms with Crippen LogP contribution in [0.3, 0.4) is 0 Å². The summed E-state index contributed by atoms with van der Waals surface area (Å²) in [7, 11) is 3.19. The van der Waals surface area contributed by atoms with Crippen molar-refractivity contribution >= 4 is 28.5 Å². The third-order valence-electron chi connectivity index (χ3n) is 5.51. The first-order chi connectivity index (χ1) is 14.7. The van der Waals surface area contributed by atoms with Crippen LogP contribution in [-0.4, -0.2) is 63.0 Å². The van der Waals surface area contributed by atoms with E-state index < -0.39 is 5.60 Å². The first-order valence-electron chi connectivity index (χ1n) is 10.3. The van der Waals surface area contributed by atoms with Crippen molar-refractivity contribution < 1.29 is 28.5 Å². The van der Waals surface area contributed by atoms with Crippen LogP contribution in [-0.2, 0) is 16.1 Å². The monoisotopic (exact) mass is 428 g/mol. The highest BCUT2D eigenvalue weighted by Crippen LogP contribution is 2.42. The van der Waals surface area contributed by atoms with E-state index in [1.807, 2.05) is 39.0 Å². The minimum absolute atomic E-state index is 0.253. The number of carbonyl (C=O) groups is 2. The Hall–Kier alpha value is -3.16. The average Bonchev–Trinajstić information content (AvgIpc) is 3.10. The lowest BCUT2D eigenvalue weighted by Gasteiger charge is -2.37. The third-order valence-corrected chi connectivity index (χ3v) is 5.51. The van der Waals surface area contributed by atoms with E-state index in [0.29, 0.717) is 43.2 Å². The number of amides is 1. The summed E-state index contributed by atoms with van der Waals surface area (Å²) in [6.45, 7) is 7.97. The number of nitrogens with zero attached hydrogens (tertiary/aromatic N) is 2. The zero-order valence-electron chi connectivity index (χ0n) is 18.6. The van der Waals surface area contributed by atoms with Gasteiger partial charge in [-0.25, -0.2) is 9.59 Å². The van der Waals surface area contributed by atoms with E-state index in [9.17, 15) is 9.59 Å². The van der Waals surface area contributed by atoms with Crippen molar-refractivity contribution in [2.75, 3.05) is 45.3 Å². The molecule has 0 N–H and O–H groups in total. The van der Waals surface area contributed by atoms with E-state index >= 15 is 0 Å².